The van der Waals surface area contributed by atoms with Crippen molar-refractivity contribution < 1.29 is 8.42 Å². The van der Waals surface area contributed by atoms with Gasteiger partial charge in [-0.3, -0.25) is 0 Å². The Bertz CT molecular complexity index is 452. The van der Waals surface area contributed by atoms with E-state index in [1.165, 1.54) is 0 Å². The van der Waals surface area contributed by atoms with Crippen molar-refractivity contribution in [2.24, 2.45) is 5.73 Å². The zero-order valence-corrected chi connectivity index (χ0v) is 10.7. The molecule has 0 saturated heterocycles. The number of nitrogens with two attached hydrogens (primary N) is 1. The highest BCUT2D eigenvalue weighted by Crippen LogP contribution is 2.19. The van der Waals surface area contributed by atoms with Crippen molar-refractivity contribution in [3.05, 3.63) is 29.3 Å². The Morgan fingerprint density at radius 3 is 2.56 bits per heavy atom. The Morgan fingerprint density at radius 1 is 1.31 bits per heavy atom. The van der Waals surface area contributed by atoms with Crippen LogP contribution in [0.1, 0.15) is 24.5 Å². The van der Waals surface area contributed by atoms with E-state index in [-0.39, 0.29) is 5.75 Å². The number of aryl methyl sites for hydroxylation is 1. The van der Waals surface area contributed by atoms with Crippen LogP contribution in [0.5, 0.6) is 0 Å². The Kier molecular flexibility index (Phi) is 4.50. The first-order valence-electron chi connectivity index (χ1n) is 5.53. The van der Waals surface area contributed by atoms with Crippen LogP contribution in [0.25, 0.3) is 0 Å². The zero-order chi connectivity index (χ0) is 12.2. The molecule has 3 nitrogen and oxygen atoms in total. The molecule has 1 aromatic carbocycles. The number of sulfone groups is 1. The molecule has 1 aromatic rings. The molecule has 0 aliphatic rings. The van der Waals surface area contributed by atoms with Crippen LogP contribution in [0, 0.1) is 6.92 Å². The Morgan fingerprint density at radius 2 is 2.00 bits per heavy atom. The molecule has 0 aromatic heterocycles. The van der Waals surface area contributed by atoms with E-state index < -0.39 is 9.84 Å². The fourth-order valence-electron chi connectivity index (χ4n) is 1.74. The first-order valence-corrected chi connectivity index (χ1v) is 7.19. The molecule has 0 fully saturated rings. The second-order valence-electron chi connectivity index (χ2n) is 3.97. The third-order valence-corrected chi connectivity index (χ3v) is 4.45. The van der Waals surface area contributed by atoms with Crippen molar-refractivity contribution in [1.82, 2.24) is 0 Å². The fraction of sp³-hybridized carbons (Fsp3) is 0.500. The van der Waals surface area contributed by atoms with E-state index in [9.17, 15) is 8.42 Å². The van der Waals surface area contributed by atoms with E-state index >= 15 is 0 Å². The minimum Gasteiger partial charge on any atom is -0.330 e. The van der Waals surface area contributed by atoms with E-state index in [2.05, 4.69) is 0 Å². The number of hydrogen-bond donors (Lipinski definition) is 1. The smallest absolute Gasteiger partial charge is 0.178 e. The molecule has 0 aliphatic carbocycles. The molecule has 0 amide bonds. The first-order chi connectivity index (χ1) is 7.51. The van der Waals surface area contributed by atoms with Crippen molar-refractivity contribution in [2.75, 3.05) is 12.3 Å². The molecule has 0 radical (unpaired) electrons. The van der Waals surface area contributed by atoms with Crippen LogP contribution < -0.4 is 5.73 Å². The lowest BCUT2D eigenvalue weighted by Gasteiger charge is -2.10. The third-order valence-electron chi connectivity index (χ3n) is 2.44. The topological polar surface area (TPSA) is 60.2 Å². The SMILES string of the molecule is CCCS(=O)(=O)c1ccc(C)cc1CCN. The van der Waals surface area contributed by atoms with Crippen LogP contribution in [-0.4, -0.2) is 20.7 Å². The number of benzene rings is 1. The van der Waals surface area contributed by atoms with E-state index in [1.54, 1.807) is 6.07 Å². The normalized spacial score (nSPS) is 11.7. The van der Waals surface area contributed by atoms with Gasteiger partial charge in [-0.25, -0.2) is 8.42 Å². The molecule has 0 aliphatic heterocycles. The molecule has 0 unspecified atom stereocenters. The summed E-state index contributed by atoms with van der Waals surface area (Å²) in [5.41, 5.74) is 7.41. The van der Waals surface area contributed by atoms with Crippen molar-refractivity contribution >= 4 is 9.84 Å². The van der Waals surface area contributed by atoms with Crippen LogP contribution in [0.15, 0.2) is 23.1 Å². The highest BCUT2D eigenvalue weighted by molar-refractivity contribution is 7.91. The van der Waals surface area contributed by atoms with Crippen LogP contribution in [-0.2, 0) is 16.3 Å². The monoisotopic (exact) mass is 241 g/mol. The van der Waals surface area contributed by atoms with Gasteiger partial charge in [-0.1, -0.05) is 24.6 Å². The second-order valence-corrected chi connectivity index (χ2v) is 6.05. The van der Waals surface area contributed by atoms with Crippen LogP contribution in [0.3, 0.4) is 0 Å². The maximum atomic E-state index is 12.0. The van der Waals surface area contributed by atoms with Gasteiger partial charge in [-0.15, -0.1) is 0 Å². The summed E-state index contributed by atoms with van der Waals surface area (Å²) < 4.78 is 24.0. The maximum Gasteiger partial charge on any atom is 0.178 e. The van der Waals surface area contributed by atoms with E-state index in [0.717, 1.165) is 11.1 Å². The van der Waals surface area contributed by atoms with Crippen LogP contribution in [0.4, 0.5) is 0 Å². The zero-order valence-electron chi connectivity index (χ0n) is 9.86. The van der Waals surface area contributed by atoms with Crippen LogP contribution in [0.2, 0.25) is 0 Å². The molecule has 0 saturated carbocycles. The van der Waals surface area contributed by atoms with Gasteiger partial charge in [0.15, 0.2) is 9.84 Å². The van der Waals surface area contributed by atoms with Crippen molar-refractivity contribution in [3.8, 4) is 0 Å². The van der Waals surface area contributed by atoms with Gasteiger partial charge in [0.1, 0.15) is 0 Å². The number of rotatable bonds is 5. The average molecular weight is 241 g/mol. The van der Waals surface area contributed by atoms with Gasteiger partial charge in [-0.05, 0) is 37.9 Å². The molecule has 0 spiro atoms. The molecule has 90 valence electrons. The van der Waals surface area contributed by atoms with E-state index in [4.69, 9.17) is 5.73 Å². The molecule has 0 bridgehead atoms. The predicted molar refractivity (Wildman–Crippen MR) is 66.3 cm³/mol. The van der Waals surface area contributed by atoms with Gasteiger partial charge in [0, 0.05) is 0 Å². The standard InChI is InChI=1S/C12H19NO2S/c1-3-8-16(14,15)12-5-4-10(2)9-11(12)6-7-13/h4-5,9H,3,6-8,13H2,1-2H3. The van der Waals surface area contributed by atoms with Gasteiger partial charge in [0.2, 0.25) is 0 Å². The van der Waals surface area contributed by atoms with Gasteiger partial charge < -0.3 is 5.73 Å². The van der Waals surface area contributed by atoms with Gasteiger partial charge in [-0.2, -0.15) is 0 Å². The maximum absolute atomic E-state index is 12.0. The Hall–Kier alpha value is -0.870. The quantitative estimate of drug-likeness (QED) is 0.853. The summed E-state index contributed by atoms with van der Waals surface area (Å²) in [5, 5.41) is 0. The summed E-state index contributed by atoms with van der Waals surface area (Å²) in [4.78, 5) is 0.449. The Labute approximate surface area is 97.6 Å². The van der Waals surface area contributed by atoms with Gasteiger partial charge in [0.05, 0.1) is 10.6 Å². The summed E-state index contributed by atoms with van der Waals surface area (Å²) in [6.07, 6.45) is 1.25. The molecule has 1 rings (SSSR count). The van der Waals surface area contributed by atoms with Gasteiger partial charge >= 0.3 is 0 Å². The van der Waals surface area contributed by atoms with Crippen molar-refractivity contribution in [3.63, 3.8) is 0 Å². The summed E-state index contributed by atoms with van der Waals surface area (Å²) in [7, 11) is -3.14. The minimum absolute atomic E-state index is 0.202. The molecule has 16 heavy (non-hydrogen) atoms. The van der Waals surface area contributed by atoms with E-state index in [0.29, 0.717) is 24.3 Å². The molecule has 0 atom stereocenters. The summed E-state index contributed by atoms with van der Waals surface area (Å²) in [5.74, 6) is 0.202. The van der Waals surface area contributed by atoms with Crippen LogP contribution >= 0.6 is 0 Å². The minimum atomic E-state index is -3.14. The fourth-order valence-corrected chi connectivity index (χ4v) is 3.33. The molecule has 0 heterocycles. The lowest BCUT2D eigenvalue weighted by atomic mass is 10.1. The summed E-state index contributed by atoms with van der Waals surface area (Å²) in [6.45, 7) is 4.29. The first kappa shape index (κ1) is 13.2. The summed E-state index contributed by atoms with van der Waals surface area (Å²) in [6, 6.07) is 5.45. The second kappa shape index (κ2) is 5.46. The lowest BCUT2D eigenvalue weighted by molar-refractivity contribution is 0.593. The highest BCUT2D eigenvalue weighted by atomic mass is 32.2. The average Bonchev–Trinajstić information content (AvgIpc) is 2.17. The van der Waals surface area contributed by atoms with Crippen molar-refractivity contribution in [1.29, 1.82) is 0 Å². The number of hydrogen-bond acceptors (Lipinski definition) is 3. The van der Waals surface area contributed by atoms with Crippen molar-refractivity contribution in [2.45, 2.75) is 31.6 Å². The Balaban J connectivity index is 3.22. The molecular formula is C12H19NO2S. The molecule has 4 heteroatoms. The highest BCUT2D eigenvalue weighted by Gasteiger charge is 2.17. The summed E-state index contributed by atoms with van der Waals surface area (Å²) >= 11 is 0. The van der Waals surface area contributed by atoms with E-state index in [1.807, 2.05) is 26.0 Å². The lowest BCUT2D eigenvalue weighted by Crippen LogP contribution is -2.12. The van der Waals surface area contributed by atoms with Gasteiger partial charge in [0.25, 0.3) is 0 Å². The molecular weight excluding hydrogens is 222 g/mol. The molecule has 2 N–H and O–H groups in total. The largest absolute Gasteiger partial charge is 0.330 e. The predicted octanol–water partition coefficient (Wildman–Crippen LogP) is 1.68. The third kappa shape index (κ3) is 3.06.